The summed E-state index contributed by atoms with van der Waals surface area (Å²) in [5.41, 5.74) is 2.18. The second kappa shape index (κ2) is 8.31. The summed E-state index contributed by atoms with van der Waals surface area (Å²) in [6, 6.07) is 8.73. The average Bonchev–Trinajstić information content (AvgIpc) is 2.94. The number of fused-ring (bicyclic) bond motifs is 1. The minimum atomic E-state index is -0.531. The van der Waals surface area contributed by atoms with Crippen LogP contribution in [-0.2, 0) is 11.9 Å². The molecule has 0 spiro atoms. The maximum atomic E-state index is 9.99. The molecule has 24 heavy (non-hydrogen) atoms. The summed E-state index contributed by atoms with van der Waals surface area (Å²) in [7, 11) is 2.02. The highest BCUT2D eigenvalue weighted by atomic mass is 16.6. The summed E-state index contributed by atoms with van der Waals surface area (Å²) in [6.07, 6.45) is 9.56. The van der Waals surface area contributed by atoms with Crippen LogP contribution >= 0.6 is 0 Å². The Morgan fingerprint density at radius 1 is 1.33 bits per heavy atom. The zero-order chi connectivity index (χ0) is 16.8. The van der Waals surface area contributed by atoms with Gasteiger partial charge in [-0.05, 0) is 18.9 Å². The number of nitrogens with zero attached hydrogens (tertiary/aromatic N) is 2. The highest BCUT2D eigenvalue weighted by Gasteiger charge is 2.14. The molecule has 0 amide bonds. The van der Waals surface area contributed by atoms with Crippen LogP contribution in [0.5, 0.6) is 0 Å². The molecule has 130 valence electrons. The Bertz CT molecular complexity index is 674. The molecule has 0 radical (unpaired) electrons. The minimum absolute atomic E-state index is 0.209. The average molecular weight is 329 g/mol. The molecule has 2 aromatic rings. The summed E-state index contributed by atoms with van der Waals surface area (Å²) in [6.45, 7) is 0.773. The van der Waals surface area contributed by atoms with Gasteiger partial charge in [0.05, 0.1) is 6.21 Å². The van der Waals surface area contributed by atoms with Gasteiger partial charge in [0.15, 0.2) is 0 Å². The fourth-order valence-corrected chi connectivity index (χ4v) is 3.37. The topological polar surface area (TPSA) is 58.8 Å². The Kier molecular flexibility index (Phi) is 5.88. The number of aryl methyl sites for hydroxylation is 1. The first-order chi connectivity index (χ1) is 11.7. The molecule has 5 nitrogen and oxygen atoms in total. The quantitative estimate of drug-likeness (QED) is 0.606. The highest BCUT2D eigenvalue weighted by Crippen LogP contribution is 2.19. The van der Waals surface area contributed by atoms with Gasteiger partial charge < -0.3 is 19.8 Å². The van der Waals surface area contributed by atoms with Crippen molar-refractivity contribution in [2.75, 3.05) is 13.2 Å². The van der Waals surface area contributed by atoms with Gasteiger partial charge in [-0.15, -0.1) is 0 Å². The van der Waals surface area contributed by atoms with Gasteiger partial charge in [0, 0.05) is 42.3 Å². The molecule has 1 fully saturated rings. The second-order valence-corrected chi connectivity index (χ2v) is 6.64. The molecule has 1 atom stereocenters. The van der Waals surface area contributed by atoms with Crippen LogP contribution in [0.15, 0.2) is 35.6 Å². The van der Waals surface area contributed by atoms with Crippen molar-refractivity contribution >= 4 is 17.1 Å². The molecule has 1 aliphatic rings. The first-order valence-corrected chi connectivity index (χ1v) is 8.85. The monoisotopic (exact) mass is 329 g/mol. The molecule has 2 N–H and O–H groups in total. The van der Waals surface area contributed by atoms with E-state index in [-0.39, 0.29) is 6.61 Å². The number of para-hydroxylation sites is 1. The molecule has 1 heterocycles. The van der Waals surface area contributed by atoms with Crippen molar-refractivity contribution < 1.29 is 9.94 Å². The number of rotatable bonds is 7. The molecule has 1 aromatic carbocycles. The largest absolute Gasteiger partial charge is 0.393 e. The molecule has 3 rings (SSSR count). The van der Waals surface area contributed by atoms with E-state index in [1.165, 1.54) is 32.1 Å². The van der Waals surface area contributed by atoms with Crippen molar-refractivity contribution in [2.45, 2.75) is 44.2 Å². The lowest BCUT2D eigenvalue weighted by molar-refractivity contribution is 0.0389. The normalized spacial score (nSPS) is 17.6. The van der Waals surface area contributed by atoms with E-state index < -0.39 is 6.10 Å². The van der Waals surface area contributed by atoms with Crippen molar-refractivity contribution in [3.8, 4) is 0 Å². The van der Waals surface area contributed by atoms with Crippen LogP contribution < -0.4 is 5.32 Å². The third-order valence-electron chi connectivity index (χ3n) is 4.71. The minimum Gasteiger partial charge on any atom is -0.393 e. The van der Waals surface area contributed by atoms with Crippen LogP contribution in [0.4, 0.5) is 0 Å². The smallest absolute Gasteiger partial charge is 0.144 e. The number of nitrogens with one attached hydrogen (secondary N) is 1. The third-order valence-corrected chi connectivity index (χ3v) is 4.71. The first kappa shape index (κ1) is 17.0. The Balaban J connectivity index is 1.44. The van der Waals surface area contributed by atoms with E-state index in [4.69, 9.17) is 4.84 Å². The van der Waals surface area contributed by atoms with Gasteiger partial charge in [-0.2, -0.15) is 0 Å². The predicted molar refractivity (Wildman–Crippen MR) is 97.3 cm³/mol. The summed E-state index contributed by atoms with van der Waals surface area (Å²) in [5, 5.41) is 18.6. The van der Waals surface area contributed by atoms with E-state index in [0.717, 1.165) is 16.5 Å². The van der Waals surface area contributed by atoms with Gasteiger partial charge in [0.25, 0.3) is 0 Å². The Labute approximate surface area is 143 Å². The number of benzene rings is 1. The molecular formula is C19H27N3O2. The molecule has 1 unspecified atom stereocenters. The van der Waals surface area contributed by atoms with Crippen LogP contribution in [0.3, 0.4) is 0 Å². The lowest BCUT2D eigenvalue weighted by atomic mass is 9.95. The number of hydrogen-bond acceptors (Lipinski definition) is 4. The van der Waals surface area contributed by atoms with E-state index in [1.807, 2.05) is 25.4 Å². The van der Waals surface area contributed by atoms with Crippen molar-refractivity contribution in [1.82, 2.24) is 9.88 Å². The van der Waals surface area contributed by atoms with E-state index in [2.05, 4.69) is 27.2 Å². The predicted octanol–water partition coefficient (Wildman–Crippen LogP) is 2.81. The van der Waals surface area contributed by atoms with E-state index in [0.29, 0.717) is 12.6 Å². The van der Waals surface area contributed by atoms with E-state index in [9.17, 15) is 5.11 Å². The summed E-state index contributed by atoms with van der Waals surface area (Å²) in [4.78, 5) is 5.27. The van der Waals surface area contributed by atoms with Crippen LogP contribution in [0, 0.1) is 0 Å². The number of aliphatic hydroxyl groups excluding tert-OH is 1. The summed E-state index contributed by atoms with van der Waals surface area (Å²) < 4.78 is 2.07. The van der Waals surface area contributed by atoms with Crippen molar-refractivity contribution in [3.05, 3.63) is 36.0 Å². The summed E-state index contributed by atoms with van der Waals surface area (Å²) >= 11 is 0. The zero-order valence-corrected chi connectivity index (χ0v) is 14.3. The molecule has 0 bridgehead atoms. The number of aromatic nitrogens is 1. The first-order valence-electron chi connectivity index (χ1n) is 8.85. The van der Waals surface area contributed by atoms with Crippen LogP contribution in [0.1, 0.15) is 37.7 Å². The van der Waals surface area contributed by atoms with Gasteiger partial charge in [-0.1, -0.05) is 42.6 Å². The maximum Gasteiger partial charge on any atom is 0.144 e. The van der Waals surface area contributed by atoms with Crippen molar-refractivity contribution in [3.63, 3.8) is 0 Å². The maximum absolute atomic E-state index is 9.99. The van der Waals surface area contributed by atoms with Crippen LogP contribution in [0.2, 0.25) is 0 Å². The van der Waals surface area contributed by atoms with Crippen molar-refractivity contribution in [2.24, 2.45) is 12.2 Å². The van der Waals surface area contributed by atoms with Gasteiger partial charge in [-0.3, -0.25) is 0 Å². The molecule has 1 aliphatic carbocycles. The van der Waals surface area contributed by atoms with Gasteiger partial charge >= 0.3 is 0 Å². The Morgan fingerprint density at radius 2 is 2.12 bits per heavy atom. The highest BCUT2D eigenvalue weighted by molar-refractivity contribution is 5.99. The standard InChI is InChI=1S/C19H27N3O2/c1-22-13-15(18-9-5-6-10-19(18)22)11-21-24-14-17(23)12-20-16-7-3-2-4-8-16/h5-6,9-11,13,16-17,20,23H,2-4,7-8,12,14H2,1H3/b21-11+. The van der Waals surface area contributed by atoms with Crippen LogP contribution in [-0.4, -0.2) is 41.2 Å². The van der Waals surface area contributed by atoms with E-state index in [1.54, 1.807) is 6.21 Å². The van der Waals surface area contributed by atoms with E-state index >= 15 is 0 Å². The molecule has 1 aromatic heterocycles. The number of oxime groups is 1. The van der Waals surface area contributed by atoms with Gasteiger partial charge in [0.2, 0.25) is 0 Å². The van der Waals surface area contributed by atoms with Crippen molar-refractivity contribution in [1.29, 1.82) is 0 Å². The fraction of sp³-hybridized carbons (Fsp3) is 0.526. The molecule has 0 saturated heterocycles. The molecule has 5 heteroatoms. The Hall–Kier alpha value is -1.85. The summed E-state index contributed by atoms with van der Waals surface area (Å²) in [5.74, 6) is 0. The van der Waals surface area contributed by atoms with Gasteiger partial charge in [-0.25, -0.2) is 0 Å². The molecule has 1 saturated carbocycles. The lowest BCUT2D eigenvalue weighted by Gasteiger charge is -2.23. The molecule has 0 aliphatic heterocycles. The lowest BCUT2D eigenvalue weighted by Crippen LogP contribution is -2.38. The van der Waals surface area contributed by atoms with Crippen LogP contribution in [0.25, 0.3) is 10.9 Å². The van der Waals surface area contributed by atoms with Gasteiger partial charge in [0.1, 0.15) is 12.7 Å². The zero-order valence-electron chi connectivity index (χ0n) is 14.3. The second-order valence-electron chi connectivity index (χ2n) is 6.64. The fourth-order valence-electron chi connectivity index (χ4n) is 3.37. The molecular weight excluding hydrogens is 302 g/mol. The number of hydrogen-bond donors (Lipinski definition) is 2. The third kappa shape index (κ3) is 4.36. The number of aliphatic hydroxyl groups is 1. The SMILES string of the molecule is Cn1cc(/C=N/OCC(O)CNC2CCCCC2)c2ccccc21. The Morgan fingerprint density at radius 3 is 2.96 bits per heavy atom.